The Hall–Kier alpha value is -1.37. The van der Waals surface area contributed by atoms with Gasteiger partial charge in [-0.05, 0) is 19.1 Å². The lowest BCUT2D eigenvalue weighted by Crippen LogP contribution is -2.54. The Kier molecular flexibility index (Phi) is 4.61. The van der Waals surface area contributed by atoms with Gasteiger partial charge in [0.05, 0.1) is 6.10 Å². The maximum absolute atomic E-state index is 10.7. The summed E-state index contributed by atoms with van der Waals surface area (Å²) < 4.78 is 18.1. The summed E-state index contributed by atoms with van der Waals surface area (Å²) in [5.41, 5.74) is 0.584. The highest BCUT2D eigenvalue weighted by Gasteiger charge is 2.51. The van der Waals surface area contributed by atoms with Gasteiger partial charge in [0, 0.05) is 10.5 Å². The lowest BCUT2D eigenvalue weighted by molar-refractivity contribution is -0.150. The van der Waals surface area contributed by atoms with Gasteiger partial charge in [-0.25, -0.2) is 0 Å². The van der Waals surface area contributed by atoms with Crippen LogP contribution in [0.15, 0.2) is 65.6 Å². The Bertz CT molecular complexity index is 666. The maximum atomic E-state index is 10.7. The molecule has 0 aromatic heterocycles. The van der Waals surface area contributed by atoms with Gasteiger partial charge in [-0.2, -0.15) is 0 Å². The molecule has 0 saturated carbocycles. The van der Waals surface area contributed by atoms with E-state index in [1.54, 1.807) is 0 Å². The number of rotatable bonds is 3. The van der Waals surface area contributed by atoms with Crippen LogP contribution in [0.25, 0.3) is 0 Å². The molecule has 2 aliphatic heterocycles. The summed E-state index contributed by atoms with van der Waals surface area (Å²) in [6.07, 6.45) is -2.00. The van der Waals surface area contributed by atoms with E-state index in [-0.39, 0.29) is 23.7 Å². The zero-order chi connectivity index (χ0) is 16.5. The van der Waals surface area contributed by atoms with Crippen molar-refractivity contribution in [1.82, 2.24) is 0 Å². The fourth-order valence-corrected chi connectivity index (χ4v) is 4.25. The number of hydrogen-bond acceptors (Lipinski definition) is 5. The van der Waals surface area contributed by atoms with Crippen molar-refractivity contribution in [3.63, 3.8) is 0 Å². The lowest BCUT2D eigenvalue weighted by atomic mass is 10.0. The van der Waals surface area contributed by atoms with Crippen molar-refractivity contribution in [3.8, 4) is 0 Å². The molecule has 0 spiro atoms. The van der Waals surface area contributed by atoms with Gasteiger partial charge in [-0.15, -0.1) is 0 Å². The minimum Gasteiger partial charge on any atom is -0.387 e. The average Bonchev–Trinajstić information content (AvgIpc) is 3.07. The summed E-state index contributed by atoms with van der Waals surface area (Å²) in [6.45, 7) is 1.97. The highest BCUT2D eigenvalue weighted by Crippen LogP contribution is 2.42. The molecular weight excluding hydrogens is 324 g/mol. The van der Waals surface area contributed by atoms with Crippen LogP contribution in [0.3, 0.4) is 0 Å². The van der Waals surface area contributed by atoms with Crippen molar-refractivity contribution >= 4 is 11.8 Å². The van der Waals surface area contributed by atoms with Crippen LogP contribution in [0.5, 0.6) is 0 Å². The van der Waals surface area contributed by atoms with E-state index in [4.69, 9.17) is 14.2 Å². The normalized spacial score (nSPS) is 35.6. The molecule has 0 radical (unpaired) electrons. The molecule has 4 nitrogen and oxygen atoms in total. The van der Waals surface area contributed by atoms with Crippen LogP contribution in [0.1, 0.15) is 18.8 Å². The van der Waals surface area contributed by atoms with E-state index in [1.165, 1.54) is 11.8 Å². The number of aliphatic hydroxyl groups is 1. The highest BCUT2D eigenvalue weighted by atomic mass is 32.2. The number of fused-ring (bicyclic) bond motifs is 1. The maximum Gasteiger partial charge on any atom is 0.184 e. The molecule has 2 aliphatic rings. The third-order valence-corrected chi connectivity index (χ3v) is 5.55. The van der Waals surface area contributed by atoms with Crippen LogP contribution in [-0.2, 0) is 14.2 Å². The smallest absolute Gasteiger partial charge is 0.184 e. The molecule has 3 unspecified atom stereocenters. The first kappa shape index (κ1) is 16.1. The third kappa shape index (κ3) is 3.10. The van der Waals surface area contributed by atoms with Gasteiger partial charge < -0.3 is 19.3 Å². The van der Waals surface area contributed by atoms with Gasteiger partial charge in [0.15, 0.2) is 6.29 Å². The summed E-state index contributed by atoms with van der Waals surface area (Å²) in [6, 6.07) is 19.7. The Labute approximate surface area is 145 Å². The highest BCUT2D eigenvalue weighted by molar-refractivity contribution is 7.99. The fourth-order valence-electron chi connectivity index (χ4n) is 3.15. The summed E-state index contributed by atoms with van der Waals surface area (Å²) in [7, 11) is 0. The van der Waals surface area contributed by atoms with E-state index in [0.29, 0.717) is 0 Å². The van der Waals surface area contributed by atoms with Crippen molar-refractivity contribution in [2.24, 2.45) is 0 Å². The van der Waals surface area contributed by atoms with E-state index in [2.05, 4.69) is 0 Å². The van der Waals surface area contributed by atoms with Crippen molar-refractivity contribution in [2.45, 2.75) is 48.0 Å². The van der Waals surface area contributed by atoms with E-state index in [0.717, 1.165) is 10.5 Å². The number of thioether (sulfide) groups is 1. The van der Waals surface area contributed by atoms with E-state index in [1.807, 2.05) is 67.6 Å². The largest absolute Gasteiger partial charge is 0.387 e. The van der Waals surface area contributed by atoms with Gasteiger partial charge in [0.2, 0.25) is 0 Å². The van der Waals surface area contributed by atoms with Gasteiger partial charge in [-0.1, -0.05) is 60.3 Å². The first-order valence-corrected chi connectivity index (χ1v) is 9.01. The summed E-state index contributed by atoms with van der Waals surface area (Å²) in [5.74, 6) is 0. The van der Waals surface area contributed by atoms with Crippen molar-refractivity contribution in [1.29, 1.82) is 0 Å². The van der Waals surface area contributed by atoms with E-state index >= 15 is 0 Å². The second-order valence-corrected chi connectivity index (χ2v) is 7.25. The van der Waals surface area contributed by atoms with Gasteiger partial charge in [0.1, 0.15) is 23.7 Å². The van der Waals surface area contributed by atoms with Crippen LogP contribution in [0, 0.1) is 0 Å². The molecule has 0 bridgehead atoms. The van der Waals surface area contributed by atoms with Crippen LogP contribution in [0.4, 0.5) is 0 Å². The van der Waals surface area contributed by atoms with Crippen molar-refractivity contribution in [3.05, 3.63) is 66.2 Å². The molecular formula is C19H20O4S. The predicted molar refractivity (Wildman–Crippen MR) is 91.6 cm³/mol. The molecule has 2 fully saturated rings. The second kappa shape index (κ2) is 6.86. The van der Waals surface area contributed by atoms with Crippen LogP contribution >= 0.6 is 11.8 Å². The zero-order valence-corrected chi connectivity index (χ0v) is 14.1. The topological polar surface area (TPSA) is 47.9 Å². The number of ether oxygens (including phenoxy) is 3. The van der Waals surface area contributed by atoms with Gasteiger partial charge in [-0.3, -0.25) is 0 Å². The Balaban J connectivity index is 1.50. The van der Waals surface area contributed by atoms with E-state index < -0.39 is 12.4 Å². The van der Waals surface area contributed by atoms with Crippen molar-refractivity contribution in [2.75, 3.05) is 0 Å². The van der Waals surface area contributed by atoms with Crippen LogP contribution < -0.4 is 0 Å². The predicted octanol–water partition coefficient (Wildman–Crippen LogP) is 3.37. The molecule has 24 heavy (non-hydrogen) atoms. The summed E-state index contributed by atoms with van der Waals surface area (Å²) >= 11 is 1.51. The molecule has 2 aromatic carbocycles. The number of benzene rings is 2. The van der Waals surface area contributed by atoms with Gasteiger partial charge in [0.25, 0.3) is 0 Å². The summed E-state index contributed by atoms with van der Waals surface area (Å²) in [5, 5.41) is 10.7. The van der Waals surface area contributed by atoms with Crippen molar-refractivity contribution < 1.29 is 19.3 Å². The first-order chi connectivity index (χ1) is 11.7. The molecule has 0 aliphatic carbocycles. The Morgan fingerprint density at radius 2 is 1.46 bits per heavy atom. The molecule has 2 aromatic rings. The van der Waals surface area contributed by atoms with Crippen LogP contribution in [-0.4, -0.2) is 35.0 Å². The SMILES string of the molecule is CC1O[C@H](Sc2ccccc2)C(O)[C@H]2OC(c3ccccc3)O[C@H]12. The second-order valence-electron chi connectivity index (χ2n) is 6.08. The lowest BCUT2D eigenvalue weighted by Gasteiger charge is -2.38. The molecule has 126 valence electrons. The molecule has 0 amide bonds. The van der Waals surface area contributed by atoms with Crippen LogP contribution in [0.2, 0.25) is 0 Å². The molecule has 2 saturated heterocycles. The Morgan fingerprint density at radius 3 is 2.17 bits per heavy atom. The monoisotopic (exact) mass is 344 g/mol. The standard InChI is InChI=1S/C19H20O4S/c1-12-16-17(23-18(22-16)13-8-4-2-5-9-13)15(20)19(21-12)24-14-10-6-3-7-11-14/h2-12,15-20H,1H3/t12?,15?,16-,17-,18?,19-/m1/s1. The molecule has 1 N–H and O–H groups in total. The zero-order valence-electron chi connectivity index (χ0n) is 13.3. The fraction of sp³-hybridized carbons (Fsp3) is 0.368. The number of hydrogen-bond donors (Lipinski definition) is 1. The molecule has 5 heteroatoms. The van der Waals surface area contributed by atoms with E-state index in [9.17, 15) is 5.11 Å². The third-order valence-electron chi connectivity index (χ3n) is 4.38. The number of aliphatic hydroxyl groups excluding tert-OH is 1. The van der Waals surface area contributed by atoms with Gasteiger partial charge >= 0.3 is 0 Å². The Morgan fingerprint density at radius 1 is 0.833 bits per heavy atom. The molecule has 4 rings (SSSR count). The quantitative estimate of drug-likeness (QED) is 0.925. The average molecular weight is 344 g/mol. The summed E-state index contributed by atoms with van der Waals surface area (Å²) in [4.78, 5) is 1.06. The minimum atomic E-state index is -0.745. The molecule has 2 heterocycles. The minimum absolute atomic E-state index is 0.145. The first-order valence-electron chi connectivity index (χ1n) is 8.13. The molecule has 6 atom stereocenters.